The molecule has 5 heteroatoms. The summed E-state index contributed by atoms with van der Waals surface area (Å²) in [6.45, 7) is 3.33. The van der Waals surface area contributed by atoms with Crippen molar-refractivity contribution in [2.45, 2.75) is 32.3 Å². The van der Waals surface area contributed by atoms with Crippen LogP contribution in [0.5, 0.6) is 0 Å². The minimum atomic E-state index is -0.116. The lowest BCUT2D eigenvalue weighted by atomic mass is 10.1. The number of hydrogen-bond acceptors (Lipinski definition) is 4. The van der Waals surface area contributed by atoms with Crippen molar-refractivity contribution in [2.75, 3.05) is 18.9 Å². The predicted octanol–water partition coefficient (Wildman–Crippen LogP) is 1.13. The van der Waals surface area contributed by atoms with Crippen LogP contribution >= 0.6 is 0 Å². The van der Waals surface area contributed by atoms with E-state index in [1.807, 2.05) is 6.92 Å². The van der Waals surface area contributed by atoms with Gasteiger partial charge in [-0.3, -0.25) is 4.79 Å². The van der Waals surface area contributed by atoms with E-state index in [2.05, 4.69) is 10.3 Å². The second-order valence-corrected chi connectivity index (χ2v) is 4.47. The van der Waals surface area contributed by atoms with Crippen molar-refractivity contribution in [3.63, 3.8) is 0 Å². The number of rotatable bonds is 4. The fourth-order valence-electron chi connectivity index (χ4n) is 2.04. The fraction of sp³-hybridized carbons (Fsp3) is 0.538. The topological polar surface area (TPSA) is 77.2 Å². The molecule has 5 nitrogen and oxygen atoms in total. The maximum Gasteiger partial charge on any atom is 0.251 e. The van der Waals surface area contributed by atoms with Crippen LogP contribution < -0.4 is 11.1 Å². The first kappa shape index (κ1) is 12.8. The molecule has 0 aliphatic carbocycles. The third-order valence-corrected chi connectivity index (χ3v) is 3.04. The second-order valence-electron chi connectivity index (χ2n) is 4.47. The number of carbonyl (C=O) groups is 1. The minimum absolute atomic E-state index is 0.116. The Morgan fingerprint density at radius 3 is 3.11 bits per heavy atom. The van der Waals surface area contributed by atoms with Crippen molar-refractivity contribution < 1.29 is 9.53 Å². The summed E-state index contributed by atoms with van der Waals surface area (Å²) in [6.07, 6.45) is 3.00. The van der Waals surface area contributed by atoms with E-state index < -0.39 is 0 Å². The summed E-state index contributed by atoms with van der Waals surface area (Å²) in [5, 5.41) is 2.87. The zero-order valence-electron chi connectivity index (χ0n) is 10.6. The molecule has 1 saturated heterocycles. The van der Waals surface area contributed by atoms with E-state index in [9.17, 15) is 4.79 Å². The molecule has 0 aromatic carbocycles. The van der Waals surface area contributed by atoms with Gasteiger partial charge in [-0.1, -0.05) is 6.92 Å². The molecular formula is C13H19N3O2. The van der Waals surface area contributed by atoms with E-state index in [1.165, 1.54) is 0 Å². The molecule has 1 aliphatic rings. The molecule has 2 rings (SSSR count). The normalized spacial score (nSPS) is 18.8. The maximum atomic E-state index is 12.0. The van der Waals surface area contributed by atoms with E-state index in [1.54, 1.807) is 12.1 Å². The van der Waals surface area contributed by atoms with Crippen LogP contribution in [0.4, 0.5) is 5.82 Å². The monoisotopic (exact) mass is 249 g/mol. The smallest absolute Gasteiger partial charge is 0.251 e. The van der Waals surface area contributed by atoms with E-state index in [-0.39, 0.29) is 12.0 Å². The van der Waals surface area contributed by atoms with Gasteiger partial charge in [0.1, 0.15) is 5.82 Å². The Bertz CT molecular complexity index is 428. The Kier molecular flexibility index (Phi) is 4.15. The van der Waals surface area contributed by atoms with Crippen molar-refractivity contribution in [2.24, 2.45) is 0 Å². The number of hydrogen-bond donors (Lipinski definition) is 2. The Morgan fingerprint density at radius 2 is 2.44 bits per heavy atom. The van der Waals surface area contributed by atoms with Crippen LogP contribution in [-0.2, 0) is 11.2 Å². The summed E-state index contributed by atoms with van der Waals surface area (Å²) in [4.78, 5) is 16.1. The summed E-state index contributed by atoms with van der Waals surface area (Å²) in [7, 11) is 0. The zero-order valence-corrected chi connectivity index (χ0v) is 10.6. The lowest BCUT2D eigenvalue weighted by Crippen LogP contribution is -2.31. The lowest BCUT2D eigenvalue weighted by molar-refractivity contribution is 0.0857. The molecule has 18 heavy (non-hydrogen) atoms. The summed E-state index contributed by atoms with van der Waals surface area (Å²) >= 11 is 0. The SMILES string of the molecule is CCc1cc(C(=O)NCC2CCCO2)cc(N)n1. The molecule has 3 N–H and O–H groups in total. The van der Waals surface area contributed by atoms with Gasteiger partial charge in [-0.2, -0.15) is 0 Å². The third-order valence-electron chi connectivity index (χ3n) is 3.04. The van der Waals surface area contributed by atoms with E-state index >= 15 is 0 Å². The van der Waals surface area contributed by atoms with Crippen LogP contribution in [0, 0.1) is 0 Å². The molecule has 98 valence electrons. The van der Waals surface area contributed by atoms with Crippen LogP contribution in [0.1, 0.15) is 35.8 Å². The molecular weight excluding hydrogens is 230 g/mol. The van der Waals surface area contributed by atoms with Crippen LogP contribution in [0.3, 0.4) is 0 Å². The van der Waals surface area contributed by atoms with Crippen LogP contribution in [0.25, 0.3) is 0 Å². The number of pyridine rings is 1. The standard InChI is InChI=1S/C13H19N3O2/c1-2-10-6-9(7-12(14)16-10)13(17)15-8-11-4-3-5-18-11/h6-7,11H,2-5,8H2,1H3,(H2,14,16)(H,15,17). The van der Waals surface area contributed by atoms with E-state index in [0.717, 1.165) is 31.6 Å². The number of nitrogen functional groups attached to an aromatic ring is 1. The molecule has 1 fully saturated rings. The molecule has 1 aromatic rings. The molecule has 1 aliphatic heterocycles. The minimum Gasteiger partial charge on any atom is -0.384 e. The number of nitrogens with two attached hydrogens (primary N) is 1. The molecule has 0 spiro atoms. The highest BCUT2D eigenvalue weighted by molar-refractivity contribution is 5.94. The van der Waals surface area contributed by atoms with Crippen LogP contribution in [0.15, 0.2) is 12.1 Å². The van der Waals surface area contributed by atoms with Gasteiger partial charge in [0.25, 0.3) is 5.91 Å². The van der Waals surface area contributed by atoms with Gasteiger partial charge in [0.15, 0.2) is 0 Å². The van der Waals surface area contributed by atoms with Gasteiger partial charge in [-0.15, -0.1) is 0 Å². The largest absolute Gasteiger partial charge is 0.384 e. The molecule has 1 amide bonds. The first-order chi connectivity index (χ1) is 8.69. The second kappa shape index (κ2) is 5.82. The number of aromatic nitrogens is 1. The molecule has 2 heterocycles. The van der Waals surface area contributed by atoms with Gasteiger partial charge >= 0.3 is 0 Å². The summed E-state index contributed by atoms with van der Waals surface area (Å²) in [6, 6.07) is 3.38. The number of ether oxygens (including phenoxy) is 1. The van der Waals surface area contributed by atoms with Gasteiger partial charge in [0.05, 0.1) is 6.10 Å². The van der Waals surface area contributed by atoms with E-state index in [0.29, 0.717) is 17.9 Å². The summed E-state index contributed by atoms with van der Waals surface area (Å²) in [5.41, 5.74) is 7.07. The fourth-order valence-corrected chi connectivity index (χ4v) is 2.04. The van der Waals surface area contributed by atoms with Crippen LogP contribution in [0.2, 0.25) is 0 Å². The summed E-state index contributed by atoms with van der Waals surface area (Å²) in [5.74, 6) is 0.269. The number of nitrogens with one attached hydrogen (secondary N) is 1. The first-order valence-corrected chi connectivity index (χ1v) is 6.35. The van der Waals surface area contributed by atoms with Crippen molar-refractivity contribution in [3.05, 3.63) is 23.4 Å². The molecule has 0 radical (unpaired) electrons. The maximum absolute atomic E-state index is 12.0. The van der Waals surface area contributed by atoms with Crippen molar-refractivity contribution in [1.82, 2.24) is 10.3 Å². The Balaban J connectivity index is 1.97. The third kappa shape index (κ3) is 3.20. The Morgan fingerprint density at radius 1 is 1.61 bits per heavy atom. The van der Waals surface area contributed by atoms with E-state index in [4.69, 9.17) is 10.5 Å². The quantitative estimate of drug-likeness (QED) is 0.838. The highest BCUT2D eigenvalue weighted by Crippen LogP contribution is 2.12. The number of aryl methyl sites for hydroxylation is 1. The number of carbonyl (C=O) groups excluding carboxylic acids is 1. The Labute approximate surface area is 107 Å². The van der Waals surface area contributed by atoms with Gasteiger partial charge in [-0.05, 0) is 31.4 Å². The first-order valence-electron chi connectivity index (χ1n) is 6.35. The average molecular weight is 249 g/mol. The highest BCUT2D eigenvalue weighted by Gasteiger charge is 2.17. The lowest BCUT2D eigenvalue weighted by Gasteiger charge is -2.11. The Hall–Kier alpha value is -1.62. The highest BCUT2D eigenvalue weighted by atomic mass is 16.5. The predicted molar refractivity (Wildman–Crippen MR) is 69.3 cm³/mol. The van der Waals surface area contributed by atoms with Crippen LogP contribution in [-0.4, -0.2) is 30.1 Å². The van der Waals surface area contributed by atoms with Gasteiger partial charge in [0.2, 0.25) is 0 Å². The van der Waals surface area contributed by atoms with Gasteiger partial charge < -0.3 is 15.8 Å². The van der Waals surface area contributed by atoms with Crippen molar-refractivity contribution >= 4 is 11.7 Å². The molecule has 1 atom stereocenters. The average Bonchev–Trinajstić information content (AvgIpc) is 2.88. The molecule has 0 saturated carbocycles. The molecule has 1 unspecified atom stereocenters. The van der Waals surface area contributed by atoms with Crippen molar-refractivity contribution in [3.8, 4) is 0 Å². The molecule has 1 aromatic heterocycles. The summed E-state index contributed by atoms with van der Waals surface area (Å²) < 4.78 is 5.46. The number of amides is 1. The molecule has 0 bridgehead atoms. The van der Waals surface area contributed by atoms with Gasteiger partial charge in [0, 0.05) is 24.4 Å². The van der Waals surface area contributed by atoms with Gasteiger partial charge in [-0.25, -0.2) is 4.98 Å². The number of nitrogens with zero attached hydrogens (tertiary/aromatic N) is 1. The van der Waals surface area contributed by atoms with Crippen molar-refractivity contribution in [1.29, 1.82) is 0 Å². The zero-order chi connectivity index (χ0) is 13.0. The number of anilines is 1.